The molecule has 1 aliphatic carbocycles. The molecule has 0 unspecified atom stereocenters. The van der Waals surface area contributed by atoms with E-state index in [1.165, 1.54) is 17.0 Å². The summed E-state index contributed by atoms with van der Waals surface area (Å²) in [4.78, 5) is 30.3. The molecule has 1 aliphatic rings. The van der Waals surface area contributed by atoms with Crippen molar-refractivity contribution in [2.75, 3.05) is 4.90 Å². The van der Waals surface area contributed by atoms with E-state index in [4.69, 9.17) is 23.2 Å². The summed E-state index contributed by atoms with van der Waals surface area (Å²) in [5, 5.41) is 9.85. The van der Waals surface area contributed by atoms with Gasteiger partial charge in [0.15, 0.2) is 5.75 Å². The second-order valence-corrected chi connectivity index (χ2v) is 6.99. The highest BCUT2D eigenvalue weighted by Gasteiger charge is 2.27. The maximum absolute atomic E-state index is 12.8. The summed E-state index contributed by atoms with van der Waals surface area (Å²) >= 11 is 11.9. The van der Waals surface area contributed by atoms with E-state index in [0.29, 0.717) is 34.6 Å². The molecule has 2 aromatic carbocycles. The van der Waals surface area contributed by atoms with Gasteiger partial charge in [-0.1, -0.05) is 41.4 Å². The van der Waals surface area contributed by atoms with Gasteiger partial charge in [-0.05, 0) is 49.8 Å². The normalized spacial score (nSPS) is 15.6. The van der Waals surface area contributed by atoms with Gasteiger partial charge < -0.3 is 5.11 Å². The molecule has 1 amide bonds. The molecule has 3 rings (SSSR count). The molecule has 0 saturated carbocycles. The van der Waals surface area contributed by atoms with Crippen LogP contribution in [0.4, 0.5) is 11.4 Å². The van der Waals surface area contributed by atoms with Crippen molar-refractivity contribution in [1.29, 1.82) is 0 Å². The van der Waals surface area contributed by atoms with Crippen LogP contribution in [0.25, 0.3) is 0 Å². The van der Waals surface area contributed by atoms with Gasteiger partial charge in [-0.3, -0.25) is 14.5 Å². The lowest BCUT2D eigenvalue weighted by Gasteiger charge is -2.24. The van der Waals surface area contributed by atoms with Crippen molar-refractivity contribution < 1.29 is 14.7 Å². The summed E-state index contributed by atoms with van der Waals surface area (Å²) < 4.78 is 0. The number of phenols is 1. The second kappa shape index (κ2) is 8.00. The van der Waals surface area contributed by atoms with Crippen LogP contribution in [-0.4, -0.2) is 23.0 Å². The van der Waals surface area contributed by atoms with E-state index in [9.17, 15) is 14.7 Å². The van der Waals surface area contributed by atoms with E-state index < -0.39 is 0 Å². The largest absolute Gasteiger partial charge is 0.505 e. The molecule has 0 fully saturated rings. The summed E-state index contributed by atoms with van der Waals surface area (Å²) in [6.45, 7) is 3.46. The molecular weight excluding hydrogens is 399 g/mol. The fourth-order valence-electron chi connectivity index (χ4n) is 2.75. The summed E-state index contributed by atoms with van der Waals surface area (Å²) in [5.74, 6) is -0.476. The number of aromatic hydroxyl groups is 1. The minimum atomic E-state index is -0.255. The number of nitrogens with zero attached hydrogens (tertiary/aromatic N) is 2. The highest BCUT2D eigenvalue weighted by atomic mass is 35.5. The second-order valence-electron chi connectivity index (χ2n) is 6.17. The number of phenolic OH excluding ortho intramolecular Hbond substituents is 1. The van der Waals surface area contributed by atoms with Crippen molar-refractivity contribution in [3.05, 3.63) is 75.4 Å². The highest BCUT2D eigenvalue weighted by Crippen LogP contribution is 2.36. The van der Waals surface area contributed by atoms with E-state index in [0.717, 1.165) is 0 Å². The number of hydrogen-bond donors (Lipinski definition) is 1. The Bertz CT molecular complexity index is 1030. The standard InChI is InChI=1S/C21H16Cl2N2O3/c1-12-13(2)20(27)19(25(11-26)15-6-4-3-5-7-15)10-18(12)24-14-8-16(22)21(28)17(23)9-14/h3-11,28H,1-2H3/b24-18+. The number of allylic oxidation sites excluding steroid dienone is 3. The number of carbonyl (C=O) groups excluding carboxylic acids is 2. The van der Waals surface area contributed by atoms with Crippen LogP contribution in [0.5, 0.6) is 5.75 Å². The predicted octanol–water partition coefficient (Wildman–Crippen LogP) is 5.24. The Morgan fingerprint density at radius 1 is 1.04 bits per heavy atom. The Kier molecular flexibility index (Phi) is 5.68. The third kappa shape index (κ3) is 3.72. The van der Waals surface area contributed by atoms with Gasteiger partial charge >= 0.3 is 0 Å². The quantitative estimate of drug-likeness (QED) is 0.549. The first kappa shape index (κ1) is 19.9. The van der Waals surface area contributed by atoms with E-state index >= 15 is 0 Å². The Morgan fingerprint density at radius 2 is 1.64 bits per heavy atom. The molecule has 7 heteroatoms. The van der Waals surface area contributed by atoms with Gasteiger partial charge in [0.05, 0.1) is 27.1 Å². The van der Waals surface area contributed by atoms with Gasteiger partial charge in [-0.15, -0.1) is 0 Å². The number of benzene rings is 2. The molecule has 2 aromatic rings. The lowest BCUT2D eigenvalue weighted by atomic mass is 9.93. The molecule has 0 saturated heterocycles. The summed E-state index contributed by atoms with van der Waals surface area (Å²) in [5.41, 5.74) is 2.83. The van der Waals surface area contributed by atoms with Gasteiger partial charge in [0, 0.05) is 11.3 Å². The number of amides is 1. The van der Waals surface area contributed by atoms with Crippen LogP contribution in [0.15, 0.2) is 70.4 Å². The number of carbonyl (C=O) groups is 2. The number of hydrogen-bond acceptors (Lipinski definition) is 4. The zero-order valence-corrected chi connectivity index (χ0v) is 16.6. The first-order chi connectivity index (χ1) is 13.3. The lowest BCUT2D eigenvalue weighted by Crippen LogP contribution is -2.30. The van der Waals surface area contributed by atoms with Crippen LogP contribution in [0.3, 0.4) is 0 Å². The SMILES string of the molecule is CC1=C(C)/C(=N/c2cc(Cl)c(O)c(Cl)c2)C=C(N(C=O)c2ccccc2)C1=O. The van der Waals surface area contributed by atoms with Crippen LogP contribution in [0, 0.1) is 0 Å². The van der Waals surface area contributed by atoms with Crippen LogP contribution in [-0.2, 0) is 9.59 Å². The zero-order chi connectivity index (χ0) is 20.4. The van der Waals surface area contributed by atoms with Crippen LogP contribution < -0.4 is 4.90 Å². The van der Waals surface area contributed by atoms with Crippen molar-refractivity contribution in [3.8, 4) is 5.75 Å². The molecule has 0 heterocycles. The highest BCUT2D eigenvalue weighted by molar-refractivity contribution is 6.37. The fraction of sp³-hybridized carbons (Fsp3) is 0.0952. The summed E-state index contributed by atoms with van der Waals surface area (Å²) in [6, 6.07) is 11.8. The Hall–Kier alpha value is -2.89. The molecule has 0 spiro atoms. The van der Waals surface area contributed by atoms with E-state index in [-0.39, 0.29) is 27.3 Å². The topological polar surface area (TPSA) is 70.0 Å². The minimum absolute atomic E-state index is 0.0695. The van der Waals surface area contributed by atoms with Gasteiger partial charge in [0.2, 0.25) is 12.2 Å². The minimum Gasteiger partial charge on any atom is -0.505 e. The van der Waals surface area contributed by atoms with Crippen LogP contribution in [0.2, 0.25) is 10.0 Å². The third-order valence-corrected chi connectivity index (χ3v) is 5.02. The molecule has 0 aliphatic heterocycles. The first-order valence-electron chi connectivity index (χ1n) is 8.34. The Balaban J connectivity index is 2.12. The van der Waals surface area contributed by atoms with Crippen molar-refractivity contribution in [1.82, 2.24) is 0 Å². The van der Waals surface area contributed by atoms with Crippen molar-refractivity contribution in [2.24, 2.45) is 4.99 Å². The molecule has 0 radical (unpaired) electrons. The molecule has 142 valence electrons. The molecule has 0 aromatic heterocycles. The van der Waals surface area contributed by atoms with E-state index in [1.54, 1.807) is 44.2 Å². The lowest BCUT2D eigenvalue weighted by molar-refractivity contribution is -0.114. The number of ketones is 1. The Labute approximate surface area is 172 Å². The van der Waals surface area contributed by atoms with Gasteiger partial charge in [-0.25, -0.2) is 4.99 Å². The smallest absolute Gasteiger partial charge is 0.218 e. The summed E-state index contributed by atoms with van der Waals surface area (Å²) in [6.07, 6.45) is 2.15. The average molecular weight is 415 g/mol. The molecule has 0 atom stereocenters. The molecular formula is C21H16Cl2N2O3. The number of para-hydroxylation sites is 1. The predicted molar refractivity (Wildman–Crippen MR) is 112 cm³/mol. The molecule has 0 bridgehead atoms. The van der Waals surface area contributed by atoms with Gasteiger partial charge in [-0.2, -0.15) is 0 Å². The average Bonchev–Trinajstić information content (AvgIpc) is 2.69. The van der Waals surface area contributed by atoms with Gasteiger partial charge in [0.25, 0.3) is 0 Å². The van der Waals surface area contributed by atoms with Crippen molar-refractivity contribution >= 4 is 52.5 Å². The van der Waals surface area contributed by atoms with Crippen molar-refractivity contribution in [3.63, 3.8) is 0 Å². The van der Waals surface area contributed by atoms with E-state index in [2.05, 4.69) is 4.99 Å². The van der Waals surface area contributed by atoms with E-state index in [1.807, 2.05) is 6.07 Å². The number of anilines is 1. The summed E-state index contributed by atoms with van der Waals surface area (Å²) in [7, 11) is 0. The molecule has 28 heavy (non-hydrogen) atoms. The van der Waals surface area contributed by atoms with Gasteiger partial charge in [0.1, 0.15) is 0 Å². The first-order valence-corrected chi connectivity index (χ1v) is 9.09. The number of aliphatic imine (C=N–C) groups is 1. The third-order valence-electron chi connectivity index (χ3n) is 4.44. The number of rotatable bonds is 4. The monoisotopic (exact) mass is 414 g/mol. The molecule has 1 N–H and O–H groups in total. The van der Waals surface area contributed by atoms with Crippen LogP contribution in [0.1, 0.15) is 13.8 Å². The fourth-order valence-corrected chi connectivity index (χ4v) is 3.23. The zero-order valence-electron chi connectivity index (χ0n) is 15.1. The maximum atomic E-state index is 12.8. The molecule has 5 nitrogen and oxygen atoms in total. The number of halogens is 2. The van der Waals surface area contributed by atoms with Crippen molar-refractivity contribution in [2.45, 2.75) is 13.8 Å². The Morgan fingerprint density at radius 3 is 2.21 bits per heavy atom. The maximum Gasteiger partial charge on any atom is 0.218 e. The van der Waals surface area contributed by atoms with Crippen LogP contribution >= 0.6 is 23.2 Å². The number of Topliss-reactive ketones (excluding diaryl/α,β-unsaturated/α-hetero) is 1.